The van der Waals surface area contributed by atoms with Gasteiger partial charge in [-0.2, -0.15) is 0 Å². The predicted octanol–water partition coefficient (Wildman–Crippen LogP) is 2.43. The van der Waals surface area contributed by atoms with Gasteiger partial charge < -0.3 is 10.2 Å². The second-order valence-corrected chi connectivity index (χ2v) is 4.04. The highest BCUT2D eigenvalue weighted by atomic mass is 79.9. The number of hydrogen-bond donors (Lipinski definition) is 2. The van der Waals surface area contributed by atoms with Crippen molar-refractivity contribution in [2.24, 2.45) is 5.11 Å². The van der Waals surface area contributed by atoms with E-state index in [1.807, 2.05) is 0 Å². The maximum Gasteiger partial charge on any atom is 0.146 e. The number of aliphatic hydroxyl groups is 2. The van der Waals surface area contributed by atoms with Crippen molar-refractivity contribution in [1.29, 1.82) is 0 Å². The van der Waals surface area contributed by atoms with Gasteiger partial charge in [0.1, 0.15) is 17.7 Å². The third kappa shape index (κ3) is 3.13. The Morgan fingerprint density at radius 3 is 2.65 bits per heavy atom. The Hall–Kier alpha value is -1.21. The van der Waals surface area contributed by atoms with Gasteiger partial charge in [-0.1, -0.05) is 5.11 Å². The number of hydrogen-bond acceptors (Lipinski definition) is 3. The van der Waals surface area contributed by atoms with Gasteiger partial charge in [0.05, 0.1) is 22.7 Å². The van der Waals surface area contributed by atoms with Crippen molar-refractivity contribution in [3.63, 3.8) is 0 Å². The molecule has 1 aromatic carbocycles. The Morgan fingerprint density at radius 1 is 1.41 bits per heavy atom. The molecule has 0 heterocycles. The lowest BCUT2D eigenvalue weighted by molar-refractivity contribution is 0.0199. The van der Waals surface area contributed by atoms with Gasteiger partial charge in [0.25, 0.3) is 0 Å². The fraction of sp³-hybridized carbons (Fsp3) is 0.333. The van der Waals surface area contributed by atoms with Crippen molar-refractivity contribution in [3.8, 4) is 0 Å². The first kappa shape index (κ1) is 13.9. The lowest BCUT2D eigenvalue weighted by Gasteiger charge is -2.18. The van der Waals surface area contributed by atoms with Crippen molar-refractivity contribution in [2.45, 2.75) is 12.2 Å². The first-order chi connectivity index (χ1) is 7.99. The van der Waals surface area contributed by atoms with Crippen LogP contribution in [0.15, 0.2) is 21.7 Å². The summed E-state index contributed by atoms with van der Waals surface area (Å²) in [7, 11) is 0. The molecule has 0 saturated carbocycles. The summed E-state index contributed by atoms with van der Waals surface area (Å²) in [6.07, 6.45) is -3.39. The molecular formula is C9H8BrF2N3O2. The second kappa shape index (κ2) is 5.92. The maximum atomic E-state index is 13.5. The van der Waals surface area contributed by atoms with E-state index in [1.165, 1.54) is 0 Å². The van der Waals surface area contributed by atoms with E-state index >= 15 is 0 Å². The Balaban J connectivity index is 3.06. The average molecular weight is 308 g/mol. The van der Waals surface area contributed by atoms with Gasteiger partial charge in [0, 0.05) is 4.91 Å². The van der Waals surface area contributed by atoms with E-state index in [0.717, 1.165) is 12.1 Å². The number of rotatable bonds is 4. The molecule has 0 amide bonds. The summed E-state index contributed by atoms with van der Waals surface area (Å²) in [5, 5.41) is 22.0. The molecule has 5 nitrogen and oxygen atoms in total. The number of azide groups is 1. The summed E-state index contributed by atoms with van der Waals surface area (Å²) < 4.78 is 26.8. The molecule has 17 heavy (non-hydrogen) atoms. The molecule has 0 fully saturated rings. The van der Waals surface area contributed by atoms with E-state index in [-0.39, 0.29) is 4.47 Å². The zero-order chi connectivity index (χ0) is 13.0. The van der Waals surface area contributed by atoms with Crippen LogP contribution < -0.4 is 0 Å². The number of benzene rings is 1. The predicted molar refractivity (Wildman–Crippen MR) is 59.0 cm³/mol. The van der Waals surface area contributed by atoms with Crippen LogP contribution in [0.25, 0.3) is 10.4 Å². The van der Waals surface area contributed by atoms with Crippen LogP contribution in [0.5, 0.6) is 0 Å². The first-order valence-corrected chi connectivity index (χ1v) is 5.28. The number of nitrogens with zero attached hydrogens (tertiary/aromatic N) is 3. The Labute approximate surface area is 103 Å². The van der Waals surface area contributed by atoms with Crippen molar-refractivity contribution in [3.05, 3.63) is 44.2 Å². The average Bonchev–Trinajstić information content (AvgIpc) is 2.31. The molecule has 1 rings (SSSR count). The largest absolute Gasteiger partial charge is 0.390 e. The Kier molecular flexibility index (Phi) is 4.83. The highest BCUT2D eigenvalue weighted by molar-refractivity contribution is 9.10. The van der Waals surface area contributed by atoms with E-state index in [9.17, 15) is 19.0 Å². The van der Waals surface area contributed by atoms with Crippen LogP contribution in [0.2, 0.25) is 0 Å². The summed E-state index contributed by atoms with van der Waals surface area (Å²) in [5.41, 5.74) is 7.36. The smallest absolute Gasteiger partial charge is 0.146 e. The molecule has 0 aliphatic rings. The Bertz CT molecular complexity index is 466. The molecule has 1 aromatic rings. The second-order valence-electron chi connectivity index (χ2n) is 3.18. The molecule has 0 bridgehead atoms. The molecule has 0 aliphatic carbocycles. The lowest BCUT2D eigenvalue weighted by Crippen LogP contribution is -2.23. The van der Waals surface area contributed by atoms with Crippen LogP contribution in [0.4, 0.5) is 8.78 Å². The monoisotopic (exact) mass is 307 g/mol. The molecule has 2 N–H and O–H groups in total. The van der Waals surface area contributed by atoms with Crippen LogP contribution in [-0.2, 0) is 0 Å². The van der Waals surface area contributed by atoms with Gasteiger partial charge in [-0.3, -0.25) is 0 Å². The summed E-state index contributed by atoms with van der Waals surface area (Å²) in [6, 6.07) is 2.09. The molecule has 8 heteroatoms. The van der Waals surface area contributed by atoms with Crippen LogP contribution in [-0.4, -0.2) is 22.9 Å². The van der Waals surface area contributed by atoms with E-state index in [4.69, 9.17) is 5.53 Å². The standard InChI is InChI=1S/C9H8BrF2N3O2/c10-4-1-2-5(11)7(8(4)12)9(17)6(16)3-14-15-13/h1-2,6,9,16-17H,3H2. The molecule has 2 unspecified atom stereocenters. The molecule has 0 aliphatic heterocycles. The fourth-order valence-corrected chi connectivity index (χ4v) is 1.57. The third-order valence-corrected chi connectivity index (χ3v) is 2.68. The summed E-state index contributed by atoms with van der Waals surface area (Å²) in [4.78, 5) is 2.37. The van der Waals surface area contributed by atoms with Crippen molar-refractivity contribution in [1.82, 2.24) is 0 Å². The van der Waals surface area contributed by atoms with Gasteiger partial charge >= 0.3 is 0 Å². The summed E-state index contributed by atoms with van der Waals surface area (Å²) in [6.45, 7) is -0.483. The number of aliphatic hydroxyl groups excluding tert-OH is 2. The molecule has 0 aromatic heterocycles. The van der Waals surface area contributed by atoms with Crippen LogP contribution in [0, 0.1) is 11.6 Å². The number of halogens is 3. The summed E-state index contributed by atoms with van der Waals surface area (Å²) >= 11 is 2.83. The minimum absolute atomic E-state index is 0.0380. The van der Waals surface area contributed by atoms with Crippen LogP contribution in [0.3, 0.4) is 0 Å². The van der Waals surface area contributed by atoms with Crippen LogP contribution >= 0.6 is 15.9 Å². The molecular weight excluding hydrogens is 300 g/mol. The van der Waals surface area contributed by atoms with Gasteiger partial charge in [-0.15, -0.1) is 0 Å². The minimum atomic E-state index is -1.81. The quantitative estimate of drug-likeness (QED) is 0.387. The highest BCUT2D eigenvalue weighted by Crippen LogP contribution is 2.28. The molecule has 0 saturated heterocycles. The topological polar surface area (TPSA) is 89.2 Å². The van der Waals surface area contributed by atoms with E-state index in [2.05, 4.69) is 26.0 Å². The normalized spacial score (nSPS) is 13.9. The van der Waals surface area contributed by atoms with Gasteiger partial charge in [-0.25, -0.2) is 8.78 Å². The van der Waals surface area contributed by atoms with Gasteiger partial charge in [-0.05, 0) is 33.6 Å². The SMILES string of the molecule is [N-]=[N+]=NCC(O)C(O)c1c(F)ccc(Br)c1F. The maximum absolute atomic E-state index is 13.5. The molecule has 92 valence electrons. The van der Waals surface area contributed by atoms with Crippen molar-refractivity contribution >= 4 is 15.9 Å². The first-order valence-electron chi connectivity index (χ1n) is 4.49. The zero-order valence-electron chi connectivity index (χ0n) is 8.39. The minimum Gasteiger partial charge on any atom is -0.390 e. The van der Waals surface area contributed by atoms with Gasteiger partial charge in [0.15, 0.2) is 0 Å². The molecule has 0 radical (unpaired) electrons. The van der Waals surface area contributed by atoms with E-state index in [1.54, 1.807) is 0 Å². The van der Waals surface area contributed by atoms with Crippen molar-refractivity contribution < 1.29 is 19.0 Å². The van der Waals surface area contributed by atoms with Gasteiger partial charge in [0.2, 0.25) is 0 Å². The molecule has 0 spiro atoms. The van der Waals surface area contributed by atoms with E-state index < -0.39 is 36.0 Å². The molecule has 2 atom stereocenters. The van der Waals surface area contributed by atoms with Crippen molar-refractivity contribution in [2.75, 3.05) is 6.54 Å². The third-order valence-electron chi connectivity index (χ3n) is 2.07. The highest BCUT2D eigenvalue weighted by Gasteiger charge is 2.25. The fourth-order valence-electron chi connectivity index (χ4n) is 1.23. The Morgan fingerprint density at radius 2 is 2.06 bits per heavy atom. The van der Waals surface area contributed by atoms with Crippen LogP contribution in [0.1, 0.15) is 11.7 Å². The summed E-state index contributed by atoms with van der Waals surface area (Å²) in [5.74, 6) is -1.99. The lowest BCUT2D eigenvalue weighted by atomic mass is 10.0. The van der Waals surface area contributed by atoms with E-state index in [0.29, 0.717) is 0 Å². The zero-order valence-corrected chi connectivity index (χ0v) is 9.97.